The normalized spacial score (nSPS) is 13.0. The number of Topliss-reactive ketones (excluding diaryl/α,β-unsaturated/α-hetero) is 1. The van der Waals surface area contributed by atoms with Crippen LogP contribution in [-0.4, -0.2) is 5.78 Å². The Hall–Kier alpha value is -8.07. The van der Waals surface area contributed by atoms with Gasteiger partial charge in [-0.15, -0.1) is 0 Å². The van der Waals surface area contributed by atoms with Gasteiger partial charge in [-0.25, -0.2) is 0 Å². The predicted octanol–water partition coefficient (Wildman–Crippen LogP) is 16.0. The molecule has 0 amide bonds. The Labute approximate surface area is 353 Å². The van der Waals surface area contributed by atoms with Crippen molar-refractivity contribution in [3.8, 4) is 55.6 Å². The number of fused-ring (bicyclic) bond motifs is 8. The molecule has 0 bridgehead atoms. The van der Waals surface area contributed by atoms with E-state index in [1.807, 2.05) is 60.7 Å². The summed E-state index contributed by atoms with van der Waals surface area (Å²) in [6, 6.07) is 74.8. The van der Waals surface area contributed by atoms with Crippen LogP contribution >= 0.6 is 0 Å². The summed E-state index contributed by atoms with van der Waals surface area (Å²) < 4.78 is 6.48. The molecule has 12 rings (SSSR count). The Morgan fingerprint density at radius 1 is 0.328 bits per heavy atom. The molecule has 2 heteroatoms. The first-order valence-electron chi connectivity index (χ1n) is 20.8. The van der Waals surface area contributed by atoms with Crippen molar-refractivity contribution in [2.24, 2.45) is 0 Å². The van der Waals surface area contributed by atoms with Crippen LogP contribution in [-0.2, 0) is 0 Å². The highest BCUT2D eigenvalue weighted by atomic mass is 16.3. The lowest BCUT2D eigenvalue weighted by Crippen LogP contribution is -2.11. The third kappa shape index (κ3) is 5.68. The van der Waals surface area contributed by atoms with Crippen molar-refractivity contribution in [2.75, 3.05) is 0 Å². The average molecular weight is 777 g/mol. The molecule has 10 aromatic carbocycles. The fourth-order valence-electron chi connectivity index (χ4n) is 9.63. The molecule has 2 nitrogen and oxygen atoms in total. The summed E-state index contributed by atoms with van der Waals surface area (Å²) in [5.41, 5.74) is 16.4. The van der Waals surface area contributed by atoms with Gasteiger partial charge in [0.2, 0.25) is 0 Å². The maximum Gasteiger partial charge on any atom is 0.194 e. The fourth-order valence-corrected chi connectivity index (χ4v) is 9.63. The second-order valence-corrected chi connectivity index (χ2v) is 15.9. The number of hydrogen-bond acceptors (Lipinski definition) is 2. The van der Waals surface area contributed by atoms with E-state index >= 15 is 0 Å². The number of allylic oxidation sites excluding steroid dienone is 1. The van der Waals surface area contributed by atoms with Crippen LogP contribution in [0.1, 0.15) is 21.5 Å². The van der Waals surface area contributed by atoms with Crippen LogP contribution in [0.15, 0.2) is 217 Å². The van der Waals surface area contributed by atoms with E-state index < -0.39 is 0 Å². The van der Waals surface area contributed by atoms with Gasteiger partial charge in [0.1, 0.15) is 11.2 Å². The van der Waals surface area contributed by atoms with Crippen LogP contribution in [0.2, 0.25) is 0 Å². The van der Waals surface area contributed by atoms with Crippen LogP contribution in [0.5, 0.6) is 0 Å². The van der Waals surface area contributed by atoms with E-state index in [-0.39, 0.29) is 5.78 Å². The molecule has 0 unspecified atom stereocenters. The number of rotatable bonds is 5. The van der Waals surface area contributed by atoms with Crippen molar-refractivity contribution in [3.63, 3.8) is 0 Å². The Bertz CT molecular complexity index is 3570. The summed E-state index contributed by atoms with van der Waals surface area (Å²) in [7, 11) is 0. The molecule has 0 saturated carbocycles. The van der Waals surface area contributed by atoms with Crippen molar-refractivity contribution in [1.82, 2.24) is 0 Å². The van der Waals surface area contributed by atoms with E-state index in [0.717, 1.165) is 71.8 Å². The molecule has 0 aliphatic heterocycles. The van der Waals surface area contributed by atoms with Crippen LogP contribution in [0, 0.1) is 0 Å². The maximum absolute atomic E-state index is 14.1. The van der Waals surface area contributed by atoms with Crippen LogP contribution in [0.4, 0.5) is 0 Å². The summed E-state index contributed by atoms with van der Waals surface area (Å²) in [6.45, 7) is 0. The molecule has 284 valence electrons. The largest absolute Gasteiger partial charge is 0.456 e. The molecule has 0 N–H and O–H groups in total. The van der Waals surface area contributed by atoms with E-state index in [1.54, 1.807) is 0 Å². The lowest BCUT2D eigenvalue weighted by Gasteiger charge is -2.23. The van der Waals surface area contributed by atoms with E-state index in [0.29, 0.717) is 5.57 Å². The molecule has 0 atom stereocenters. The lowest BCUT2D eigenvalue weighted by atomic mass is 9.79. The standard InChI is InChI=1S/C59H36O2/c60-59-48-21-10-7-18-43(48)51-35-41(30-32-44(51)53(59)34-37-14-3-1-4-15-37)42-31-33-47-52(36-42)57(50-23-13-25-55-58(50)49-22-11-12-24-54(49)61-55)46-20-9-8-19-45(46)56(47)40-28-26-39(27-29-40)38-16-5-2-6-17-38/h1-36H/b53-34+. The molecule has 61 heavy (non-hydrogen) atoms. The summed E-state index contributed by atoms with van der Waals surface area (Å²) in [4.78, 5) is 14.1. The zero-order valence-electron chi connectivity index (χ0n) is 33.1. The monoisotopic (exact) mass is 776 g/mol. The second-order valence-electron chi connectivity index (χ2n) is 15.9. The minimum atomic E-state index is 0.0483. The van der Waals surface area contributed by atoms with Crippen LogP contribution in [0.3, 0.4) is 0 Å². The first-order chi connectivity index (χ1) is 30.2. The Morgan fingerprint density at radius 2 is 0.885 bits per heavy atom. The van der Waals surface area contributed by atoms with Crippen LogP contribution < -0.4 is 0 Å². The molecule has 1 heterocycles. The maximum atomic E-state index is 14.1. The number of ketones is 1. The quantitative estimate of drug-likeness (QED) is 0.129. The molecule has 1 aliphatic carbocycles. The number of carbonyl (C=O) groups is 1. The van der Waals surface area contributed by atoms with Crippen molar-refractivity contribution < 1.29 is 9.21 Å². The molecular formula is C59H36O2. The van der Waals surface area contributed by atoms with Gasteiger partial charge in [0.25, 0.3) is 0 Å². The number of furan rings is 1. The van der Waals surface area contributed by atoms with E-state index in [1.165, 1.54) is 44.0 Å². The van der Waals surface area contributed by atoms with Gasteiger partial charge in [0.15, 0.2) is 5.78 Å². The smallest absolute Gasteiger partial charge is 0.194 e. The van der Waals surface area contributed by atoms with Gasteiger partial charge >= 0.3 is 0 Å². The summed E-state index contributed by atoms with van der Waals surface area (Å²) >= 11 is 0. The summed E-state index contributed by atoms with van der Waals surface area (Å²) in [6.07, 6.45) is 2.03. The van der Waals surface area contributed by atoms with Crippen molar-refractivity contribution in [1.29, 1.82) is 0 Å². The topological polar surface area (TPSA) is 30.2 Å². The van der Waals surface area contributed by atoms with Gasteiger partial charge in [-0.3, -0.25) is 4.79 Å². The highest BCUT2D eigenvalue weighted by Gasteiger charge is 2.28. The van der Waals surface area contributed by atoms with Gasteiger partial charge in [0, 0.05) is 21.9 Å². The molecule has 11 aromatic rings. The highest BCUT2D eigenvalue weighted by Crippen LogP contribution is 2.49. The first kappa shape index (κ1) is 34.9. The van der Waals surface area contributed by atoms with Crippen LogP contribution in [0.25, 0.3) is 111 Å². The Kier molecular flexibility index (Phi) is 8.04. The number of carbonyl (C=O) groups excluding carboxylic acids is 1. The molecule has 0 radical (unpaired) electrons. The molecule has 0 fully saturated rings. The zero-order chi connectivity index (χ0) is 40.4. The molecule has 0 saturated heterocycles. The van der Waals surface area contributed by atoms with Crippen molar-refractivity contribution >= 4 is 60.9 Å². The van der Waals surface area contributed by atoms with E-state index in [2.05, 4.69) is 158 Å². The molecular weight excluding hydrogens is 741 g/mol. The third-order valence-corrected chi connectivity index (χ3v) is 12.4. The van der Waals surface area contributed by atoms with Gasteiger partial charge in [0.05, 0.1) is 0 Å². The van der Waals surface area contributed by atoms with E-state index in [9.17, 15) is 4.79 Å². The first-order valence-corrected chi connectivity index (χ1v) is 20.8. The van der Waals surface area contributed by atoms with Crippen molar-refractivity contribution in [2.45, 2.75) is 0 Å². The minimum absolute atomic E-state index is 0.0483. The van der Waals surface area contributed by atoms with Gasteiger partial charge in [-0.1, -0.05) is 188 Å². The van der Waals surface area contributed by atoms with Gasteiger partial charge < -0.3 is 4.42 Å². The average Bonchev–Trinajstić information content (AvgIpc) is 3.72. The van der Waals surface area contributed by atoms with Gasteiger partial charge in [-0.05, 0) is 119 Å². The van der Waals surface area contributed by atoms with Crippen molar-refractivity contribution in [3.05, 3.63) is 229 Å². The highest BCUT2D eigenvalue weighted by molar-refractivity contribution is 6.37. The Morgan fingerprint density at radius 3 is 1.69 bits per heavy atom. The minimum Gasteiger partial charge on any atom is -0.456 e. The number of hydrogen-bond donors (Lipinski definition) is 0. The number of benzene rings is 10. The molecule has 0 spiro atoms. The summed E-state index contributed by atoms with van der Waals surface area (Å²) in [5.74, 6) is 0.0483. The Balaban J connectivity index is 1.12. The molecule has 1 aliphatic rings. The van der Waals surface area contributed by atoms with E-state index in [4.69, 9.17) is 4.42 Å². The fraction of sp³-hybridized carbons (Fsp3) is 0. The second kappa shape index (κ2) is 14.0. The molecule has 1 aromatic heterocycles. The third-order valence-electron chi connectivity index (χ3n) is 12.4. The zero-order valence-corrected chi connectivity index (χ0v) is 33.1. The van der Waals surface area contributed by atoms with Gasteiger partial charge in [-0.2, -0.15) is 0 Å². The predicted molar refractivity (Wildman–Crippen MR) is 255 cm³/mol. The number of para-hydroxylation sites is 1. The lowest BCUT2D eigenvalue weighted by molar-refractivity contribution is 0.105. The summed E-state index contributed by atoms with van der Waals surface area (Å²) in [5, 5.41) is 6.93. The SMILES string of the molecule is O=C1/C(=C/c2ccccc2)c2ccc(-c3ccc4c(-c5ccc(-c6ccccc6)cc5)c5ccccc5c(-c5cccc6oc7ccccc7c56)c4c3)cc2-c2ccccc21.